The van der Waals surface area contributed by atoms with Crippen molar-refractivity contribution in [3.63, 3.8) is 0 Å². The molecule has 112 valence electrons. The Morgan fingerprint density at radius 2 is 1.75 bits per heavy atom. The summed E-state index contributed by atoms with van der Waals surface area (Å²) in [5.41, 5.74) is 0. The third-order valence-electron chi connectivity index (χ3n) is 2.67. The molecule has 0 spiro atoms. The highest BCUT2D eigenvalue weighted by Crippen LogP contribution is 2.34. The zero-order valence-electron chi connectivity index (χ0n) is 11.7. The van der Waals surface area contributed by atoms with Gasteiger partial charge in [-0.25, -0.2) is 0 Å². The molecule has 0 aliphatic heterocycles. The second-order valence-electron chi connectivity index (χ2n) is 4.93. The number of halogens is 3. The molecule has 1 rings (SSSR count). The predicted molar refractivity (Wildman–Crippen MR) is 84.0 cm³/mol. The Bertz CT molecular complexity index is 478. The first kappa shape index (κ1) is 17.4. The van der Waals surface area contributed by atoms with Crippen molar-refractivity contribution in [2.45, 2.75) is 33.3 Å². The number of benzene rings is 1. The van der Waals surface area contributed by atoms with E-state index in [4.69, 9.17) is 39.5 Å². The van der Waals surface area contributed by atoms with E-state index in [0.29, 0.717) is 33.3 Å². The van der Waals surface area contributed by atoms with E-state index in [-0.39, 0.29) is 5.91 Å². The van der Waals surface area contributed by atoms with Crippen LogP contribution in [0.5, 0.6) is 5.75 Å². The molecule has 0 unspecified atom stereocenters. The molecular formula is C14H18Cl3NO2. The maximum absolute atomic E-state index is 11.9. The van der Waals surface area contributed by atoms with Crippen LogP contribution >= 0.6 is 34.8 Å². The van der Waals surface area contributed by atoms with E-state index in [1.807, 2.05) is 0 Å². The molecule has 1 atom stereocenters. The van der Waals surface area contributed by atoms with Crippen LogP contribution in [0, 0.1) is 5.92 Å². The Kier molecular flexibility index (Phi) is 6.93. The minimum atomic E-state index is -0.656. The van der Waals surface area contributed by atoms with Gasteiger partial charge in [0.1, 0.15) is 5.75 Å². The van der Waals surface area contributed by atoms with Crippen molar-refractivity contribution < 1.29 is 9.53 Å². The monoisotopic (exact) mass is 337 g/mol. The molecule has 1 amide bonds. The Morgan fingerprint density at radius 3 is 2.35 bits per heavy atom. The molecule has 1 aromatic carbocycles. The molecule has 1 aromatic rings. The summed E-state index contributed by atoms with van der Waals surface area (Å²) in [5.74, 6) is 0.691. The van der Waals surface area contributed by atoms with Crippen molar-refractivity contribution in [2.75, 3.05) is 6.54 Å². The Morgan fingerprint density at radius 1 is 1.15 bits per heavy atom. The average molecular weight is 339 g/mol. The van der Waals surface area contributed by atoms with E-state index in [2.05, 4.69) is 19.2 Å². The number of carbonyl (C=O) groups excluding carboxylic acids is 1. The highest BCUT2D eigenvalue weighted by molar-refractivity contribution is 6.43. The number of hydrogen-bond acceptors (Lipinski definition) is 2. The van der Waals surface area contributed by atoms with Gasteiger partial charge in [0.2, 0.25) is 0 Å². The van der Waals surface area contributed by atoms with Gasteiger partial charge in [-0.05, 0) is 25.3 Å². The van der Waals surface area contributed by atoms with Crippen LogP contribution in [0.4, 0.5) is 0 Å². The molecule has 0 heterocycles. The molecule has 0 saturated heterocycles. The topological polar surface area (TPSA) is 38.3 Å². The smallest absolute Gasteiger partial charge is 0.260 e. The molecule has 3 nitrogen and oxygen atoms in total. The Hall–Kier alpha value is -0.640. The van der Waals surface area contributed by atoms with Gasteiger partial charge < -0.3 is 10.1 Å². The van der Waals surface area contributed by atoms with Crippen LogP contribution in [0.25, 0.3) is 0 Å². The third-order valence-corrected chi connectivity index (χ3v) is 3.69. The molecule has 1 N–H and O–H groups in total. The van der Waals surface area contributed by atoms with Crippen LogP contribution in [0.3, 0.4) is 0 Å². The molecule has 0 bridgehead atoms. The van der Waals surface area contributed by atoms with Crippen molar-refractivity contribution in [3.8, 4) is 5.75 Å². The summed E-state index contributed by atoms with van der Waals surface area (Å²) in [6.45, 7) is 6.48. The number of nitrogens with one attached hydrogen (secondary N) is 1. The molecule has 0 aliphatic carbocycles. The van der Waals surface area contributed by atoms with Crippen molar-refractivity contribution in [1.82, 2.24) is 5.32 Å². The zero-order chi connectivity index (χ0) is 15.3. The predicted octanol–water partition coefficient (Wildman–Crippen LogP) is 4.58. The fraction of sp³-hybridized carbons (Fsp3) is 0.500. The van der Waals surface area contributed by atoms with Gasteiger partial charge in [-0.2, -0.15) is 0 Å². The summed E-state index contributed by atoms with van der Waals surface area (Å²) in [6.07, 6.45) is 0.267. The van der Waals surface area contributed by atoms with Crippen LogP contribution in [-0.4, -0.2) is 18.6 Å². The minimum absolute atomic E-state index is 0.187. The first-order valence-corrected chi connectivity index (χ1v) is 7.53. The van der Waals surface area contributed by atoms with Gasteiger partial charge in [0.15, 0.2) is 6.10 Å². The third kappa shape index (κ3) is 5.39. The van der Waals surface area contributed by atoms with Crippen molar-refractivity contribution >= 4 is 40.7 Å². The fourth-order valence-electron chi connectivity index (χ4n) is 1.47. The quantitative estimate of drug-likeness (QED) is 0.771. The lowest BCUT2D eigenvalue weighted by atomic mass is 10.1. The number of rotatable bonds is 6. The van der Waals surface area contributed by atoms with Crippen LogP contribution in [0.1, 0.15) is 27.2 Å². The highest BCUT2D eigenvalue weighted by Gasteiger charge is 2.17. The molecule has 0 saturated carbocycles. The maximum Gasteiger partial charge on any atom is 0.260 e. The van der Waals surface area contributed by atoms with Gasteiger partial charge in [-0.15, -0.1) is 0 Å². The molecule has 0 aromatic heterocycles. The van der Waals surface area contributed by atoms with E-state index in [1.54, 1.807) is 6.92 Å². The SMILES string of the molecule is CC(C)CCNC(=O)[C@@H](C)Oc1cc(Cl)c(Cl)cc1Cl. The van der Waals surface area contributed by atoms with Crippen molar-refractivity contribution in [2.24, 2.45) is 5.92 Å². The summed E-state index contributed by atoms with van der Waals surface area (Å²) in [5, 5.41) is 3.81. The summed E-state index contributed by atoms with van der Waals surface area (Å²) >= 11 is 17.7. The van der Waals surface area contributed by atoms with Crippen molar-refractivity contribution in [1.29, 1.82) is 0 Å². The van der Waals surface area contributed by atoms with Gasteiger partial charge in [0.25, 0.3) is 5.91 Å². The summed E-state index contributed by atoms with van der Waals surface area (Å²) < 4.78 is 5.51. The lowest BCUT2D eigenvalue weighted by Gasteiger charge is -2.16. The van der Waals surface area contributed by atoms with Gasteiger partial charge in [0.05, 0.1) is 15.1 Å². The van der Waals surface area contributed by atoms with Gasteiger partial charge in [0, 0.05) is 12.6 Å². The lowest BCUT2D eigenvalue weighted by molar-refractivity contribution is -0.127. The van der Waals surface area contributed by atoms with Gasteiger partial charge >= 0.3 is 0 Å². The number of hydrogen-bond donors (Lipinski definition) is 1. The summed E-state index contributed by atoms with van der Waals surface area (Å²) in [7, 11) is 0. The zero-order valence-corrected chi connectivity index (χ0v) is 13.9. The first-order chi connectivity index (χ1) is 9.31. The molecule has 0 fully saturated rings. The Labute approximate surface area is 134 Å². The molecule has 20 heavy (non-hydrogen) atoms. The minimum Gasteiger partial charge on any atom is -0.479 e. The number of carbonyl (C=O) groups is 1. The normalized spacial score (nSPS) is 12.3. The van der Waals surface area contributed by atoms with Crippen LogP contribution in [0.15, 0.2) is 12.1 Å². The molecule has 0 radical (unpaired) electrons. The van der Waals surface area contributed by atoms with Crippen LogP contribution in [-0.2, 0) is 4.79 Å². The summed E-state index contributed by atoms with van der Waals surface area (Å²) in [4.78, 5) is 11.9. The van der Waals surface area contributed by atoms with Crippen molar-refractivity contribution in [3.05, 3.63) is 27.2 Å². The standard InChI is InChI=1S/C14H18Cl3NO2/c1-8(2)4-5-18-14(19)9(3)20-13-7-11(16)10(15)6-12(13)17/h6-9H,4-5H2,1-3H3,(H,18,19)/t9-/m1/s1. The second-order valence-corrected chi connectivity index (χ2v) is 6.15. The van der Waals surface area contributed by atoms with E-state index >= 15 is 0 Å². The van der Waals surface area contributed by atoms with Crippen LogP contribution < -0.4 is 10.1 Å². The number of ether oxygens (including phenoxy) is 1. The number of amides is 1. The highest BCUT2D eigenvalue weighted by atomic mass is 35.5. The largest absolute Gasteiger partial charge is 0.479 e. The van der Waals surface area contributed by atoms with Crippen LogP contribution in [0.2, 0.25) is 15.1 Å². The van der Waals surface area contributed by atoms with Gasteiger partial charge in [-0.3, -0.25) is 4.79 Å². The van der Waals surface area contributed by atoms with Gasteiger partial charge in [-0.1, -0.05) is 48.7 Å². The molecule has 6 heteroatoms. The maximum atomic E-state index is 11.9. The lowest BCUT2D eigenvalue weighted by Crippen LogP contribution is -2.37. The fourth-order valence-corrected chi connectivity index (χ4v) is 2.05. The van der Waals surface area contributed by atoms with E-state index in [1.165, 1.54) is 12.1 Å². The van der Waals surface area contributed by atoms with E-state index < -0.39 is 6.10 Å². The Balaban J connectivity index is 2.59. The van der Waals surface area contributed by atoms with E-state index in [9.17, 15) is 4.79 Å². The first-order valence-electron chi connectivity index (χ1n) is 6.40. The second kappa shape index (κ2) is 7.96. The van der Waals surface area contributed by atoms with E-state index in [0.717, 1.165) is 6.42 Å². The average Bonchev–Trinajstić information content (AvgIpc) is 2.35. The molecule has 0 aliphatic rings. The summed E-state index contributed by atoms with van der Waals surface area (Å²) in [6, 6.07) is 2.99. The molecular weight excluding hydrogens is 321 g/mol.